The molecule has 1 aliphatic carbocycles. The van der Waals surface area contributed by atoms with Gasteiger partial charge in [-0.2, -0.15) is 13.2 Å². The fourth-order valence-electron chi connectivity index (χ4n) is 4.72. The van der Waals surface area contributed by atoms with Crippen LogP contribution in [-0.2, 0) is 10.9 Å². The molecule has 0 bridgehead atoms. The van der Waals surface area contributed by atoms with Crippen LogP contribution < -0.4 is 0 Å². The highest BCUT2D eigenvalue weighted by Crippen LogP contribution is 2.54. The predicted octanol–water partition coefficient (Wildman–Crippen LogP) is 4.71. The number of amides is 1. The Hall–Kier alpha value is -1.93. The van der Waals surface area contributed by atoms with Crippen LogP contribution in [0, 0.1) is 11.3 Å². The molecular formula is C20H21F3N2O2S. The molecule has 150 valence electrons. The van der Waals surface area contributed by atoms with Gasteiger partial charge in [0.25, 0.3) is 5.91 Å². The minimum absolute atomic E-state index is 0.0613. The Morgan fingerprint density at radius 2 is 2.11 bits per heavy atom. The summed E-state index contributed by atoms with van der Waals surface area (Å²) in [5.41, 5.74) is -0.243. The molecule has 2 aliphatic rings. The van der Waals surface area contributed by atoms with E-state index in [9.17, 15) is 18.0 Å². The van der Waals surface area contributed by atoms with E-state index in [1.807, 2.05) is 0 Å². The Morgan fingerprint density at radius 1 is 1.36 bits per heavy atom. The average Bonchev–Trinajstić information content (AvgIpc) is 3.28. The highest BCUT2D eigenvalue weighted by molar-refractivity contribution is 7.13. The topological polar surface area (TPSA) is 42.4 Å². The number of thiazole rings is 1. The van der Waals surface area contributed by atoms with Gasteiger partial charge in [0.1, 0.15) is 10.7 Å². The second kappa shape index (κ2) is 6.56. The van der Waals surface area contributed by atoms with E-state index < -0.39 is 11.7 Å². The molecule has 8 heteroatoms. The first-order valence-corrected chi connectivity index (χ1v) is 10.0. The summed E-state index contributed by atoms with van der Waals surface area (Å²) in [6.07, 6.45) is -3.31. The van der Waals surface area contributed by atoms with Crippen molar-refractivity contribution >= 4 is 17.2 Å². The van der Waals surface area contributed by atoms with Crippen molar-refractivity contribution in [3.63, 3.8) is 0 Å². The van der Waals surface area contributed by atoms with Gasteiger partial charge in [0.05, 0.1) is 11.7 Å². The summed E-state index contributed by atoms with van der Waals surface area (Å²) < 4.78 is 44.6. The quantitative estimate of drug-likeness (QED) is 0.736. The lowest BCUT2D eigenvalue weighted by molar-refractivity contribution is -0.139. The Morgan fingerprint density at radius 3 is 2.82 bits per heavy atom. The molecule has 0 spiro atoms. The van der Waals surface area contributed by atoms with E-state index in [2.05, 4.69) is 18.8 Å². The number of aromatic nitrogens is 1. The van der Waals surface area contributed by atoms with E-state index >= 15 is 0 Å². The Kier molecular flexibility index (Phi) is 4.54. The molecule has 0 N–H and O–H groups in total. The number of alkyl halides is 3. The molecule has 1 aromatic heterocycles. The van der Waals surface area contributed by atoms with Crippen molar-refractivity contribution in [2.45, 2.75) is 38.6 Å². The van der Waals surface area contributed by atoms with Crippen molar-refractivity contribution < 1.29 is 22.7 Å². The smallest absolute Gasteiger partial charge is 0.377 e. The number of benzene rings is 1. The normalized spacial score (nSPS) is 25.9. The summed E-state index contributed by atoms with van der Waals surface area (Å²) in [7, 11) is 1.77. The number of rotatable bonds is 3. The van der Waals surface area contributed by atoms with Gasteiger partial charge in [0, 0.05) is 42.0 Å². The lowest BCUT2D eigenvalue weighted by Crippen LogP contribution is -2.66. The Balaban J connectivity index is 1.55. The van der Waals surface area contributed by atoms with Gasteiger partial charge < -0.3 is 9.64 Å². The van der Waals surface area contributed by atoms with Gasteiger partial charge in [-0.15, -0.1) is 11.3 Å². The summed E-state index contributed by atoms with van der Waals surface area (Å²) in [6.45, 7) is 4.92. The van der Waals surface area contributed by atoms with Crippen LogP contribution in [0.15, 0.2) is 29.6 Å². The molecule has 1 saturated carbocycles. The average molecular weight is 410 g/mol. The fraction of sp³-hybridized carbons (Fsp3) is 0.500. The van der Waals surface area contributed by atoms with Crippen molar-refractivity contribution in [1.82, 2.24) is 9.88 Å². The third kappa shape index (κ3) is 3.03. The van der Waals surface area contributed by atoms with Crippen molar-refractivity contribution in [2.75, 3.05) is 13.7 Å². The number of nitrogens with zero attached hydrogens (tertiary/aromatic N) is 2. The van der Waals surface area contributed by atoms with E-state index in [0.717, 1.165) is 18.6 Å². The van der Waals surface area contributed by atoms with E-state index in [-0.39, 0.29) is 29.2 Å². The van der Waals surface area contributed by atoms with Crippen LogP contribution in [0.25, 0.3) is 10.6 Å². The Labute approximate surface area is 165 Å². The number of ether oxygens (including phenoxy) is 1. The largest absolute Gasteiger partial charge is 0.416 e. The fourth-order valence-corrected chi connectivity index (χ4v) is 5.51. The molecular weight excluding hydrogens is 389 g/mol. The number of hydrogen-bond acceptors (Lipinski definition) is 4. The molecule has 2 fully saturated rings. The molecule has 28 heavy (non-hydrogen) atoms. The van der Waals surface area contributed by atoms with E-state index in [1.165, 1.54) is 17.4 Å². The molecule has 4 nitrogen and oxygen atoms in total. The first-order valence-electron chi connectivity index (χ1n) is 9.12. The van der Waals surface area contributed by atoms with Gasteiger partial charge in [-0.3, -0.25) is 4.79 Å². The second-order valence-corrected chi connectivity index (χ2v) is 8.90. The zero-order valence-electron chi connectivity index (χ0n) is 15.8. The van der Waals surface area contributed by atoms with Gasteiger partial charge in [-0.1, -0.05) is 26.0 Å². The first kappa shape index (κ1) is 19.4. The van der Waals surface area contributed by atoms with Crippen molar-refractivity contribution in [2.24, 2.45) is 11.3 Å². The highest BCUT2D eigenvalue weighted by Gasteiger charge is 2.61. The lowest BCUT2D eigenvalue weighted by atomic mass is 9.57. The summed E-state index contributed by atoms with van der Waals surface area (Å²) in [6, 6.07) is 5.07. The summed E-state index contributed by atoms with van der Waals surface area (Å²) >= 11 is 1.17. The molecule has 1 amide bonds. The molecule has 4 rings (SSSR count). The maximum atomic E-state index is 13.0. The zero-order valence-corrected chi connectivity index (χ0v) is 16.6. The molecule has 1 aromatic carbocycles. The number of hydrogen-bond donors (Lipinski definition) is 0. The maximum Gasteiger partial charge on any atom is 0.416 e. The third-order valence-corrected chi connectivity index (χ3v) is 6.83. The minimum atomic E-state index is -4.41. The summed E-state index contributed by atoms with van der Waals surface area (Å²) in [5, 5.41) is 2.01. The van der Waals surface area contributed by atoms with E-state index in [0.29, 0.717) is 23.1 Å². The molecule has 1 aliphatic heterocycles. The lowest BCUT2D eigenvalue weighted by Gasteiger charge is -2.57. The molecule has 2 heterocycles. The van der Waals surface area contributed by atoms with Gasteiger partial charge >= 0.3 is 6.18 Å². The van der Waals surface area contributed by atoms with Crippen molar-refractivity contribution in [1.29, 1.82) is 0 Å². The van der Waals surface area contributed by atoms with Crippen LogP contribution in [0.2, 0.25) is 0 Å². The van der Waals surface area contributed by atoms with Crippen molar-refractivity contribution in [3.8, 4) is 10.6 Å². The van der Waals surface area contributed by atoms with Gasteiger partial charge in [0.15, 0.2) is 0 Å². The predicted molar refractivity (Wildman–Crippen MR) is 100 cm³/mol. The maximum absolute atomic E-state index is 13.0. The Bertz CT molecular complexity index is 909. The number of carbonyl (C=O) groups excluding carboxylic acids is 1. The zero-order chi connectivity index (χ0) is 20.3. The van der Waals surface area contributed by atoms with Crippen LogP contribution in [0.4, 0.5) is 13.2 Å². The minimum Gasteiger partial charge on any atom is -0.377 e. The summed E-state index contributed by atoms with van der Waals surface area (Å²) in [5.74, 6) is 0.114. The van der Waals surface area contributed by atoms with Crippen molar-refractivity contribution in [3.05, 3.63) is 40.9 Å². The van der Waals surface area contributed by atoms with Crippen LogP contribution in [0.5, 0.6) is 0 Å². The van der Waals surface area contributed by atoms with E-state index in [4.69, 9.17) is 4.74 Å². The van der Waals surface area contributed by atoms with Gasteiger partial charge in [-0.05, 0) is 18.6 Å². The first-order chi connectivity index (χ1) is 13.1. The van der Waals surface area contributed by atoms with Crippen LogP contribution in [-0.4, -0.2) is 41.6 Å². The highest BCUT2D eigenvalue weighted by atomic mass is 32.1. The van der Waals surface area contributed by atoms with Crippen LogP contribution in [0.3, 0.4) is 0 Å². The van der Waals surface area contributed by atoms with Gasteiger partial charge in [-0.25, -0.2) is 4.98 Å². The molecule has 2 aromatic rings. The number of fused-ring (bicyclic) bond motifs is 1. The standard InChI is InChI=1S/C20H21F3N2O2S/c1-19(2)15(13-7-8-27-16(13)19)25(3)18(26)14-10-28-17(24-14)11-5-4-6-12(9-11)20(21,22)23/h4-6,9-10,13,15-16H,7-8H2,1-3H3. The summed E-state index contributed by atoms with van der Waals surface area (Å²) in [4.78, 5) is 19.0. The molecule has 1 saturated heterocycles. The van der Waals surface area contributed by atoms with Gasteiger partial charge in [0.2, 0.25) is 0 Å². The molecule has 3 atom stereocenters. The molecule has 0 radical (unpaired) electrons. The third-order valence-electron chi connectivity index (χ3n) is 5.94. The van der Waals surface area contributed by atoms with Crippen LogP contribution in [0.1, 0.15) is 36.3 Å². The number of halogens is 3. The SMILES string of the molecule is CN(C(=O)c1csc(-c2cccc(C(F)(F)F)c2)n1)C1C2CCOC2C1(C)C. The second-order valence-electron chi connectivity index (χ2n) is 8.04. The molecule has 3 unspecified atom stereocenters. The number of carbonyl (C=O) groups is 1. The van der Waals surface area contributed by atoms with E-state index in [1.54, 1.807) is 23.4 Å². The van der Waals surface area contributed by atoms with Crippen LogP contribution >= 0.6 is 11.3 Å². The monoisotopic (exact) mass is 410 g/mol.